The number of hydrogen-bond acceptors (Lipinski definition) is 4. The van der Waals surface area contributed by atoms with Crippen LogP contribution in [0, 0.1) is 0 Å². The molecule has 0 unspecified atom stereocenters. The lowest BCUT2D eigenvalue weighted by atomic mass is 9.80. The second-order valence-electron chi connectivity index (χ2n) is 10.7. The van der Waals surface area contributed by atoms with Crippen molar-refractivity contribution in [3.05, 3.63) is 65.6 Å². The zero-order valence-electron chi connectivity index (χ0n) is 23.6. The molecule has 0 heterocycles. The highest BCUT2D eigenvalue weighted by Crippen LogP contribution is 2.54. The Morgan fingerprint density at radius 2 is 0.955 bits per heavy atom. The number of hydrogen-bond donors (Lipinski definition) is 4. The van der Waals surface area contributed by atoms with E-state index < -0.39 is 23.8 Å². The maximum absolute atomic E-state index is 13.3. The number of carbonyl (C=O) groups is 4. The molecule has 5 aromatic rings. The minimum Gasteiger partial charge on any atom is -0.478 e. The minimum absolute atomic E-state index is 0.0166. The summed E-state index contributed by atoms with van der Waals surface area (Å²) in [5.41, 5.74) is 12.0. The number of carboxylic acid groups (broad SMARTS) is 2. The van der Waals surface area contributed by atoms with Gasteiger partial charge in [-0.1, -0.05) is 73.1 Å². The highest BCUT2D eigenvalue weighted by atomic mass is 35.5. The molecule has 0 atom stereocenters. The fourth-order valence-corrected chi connectivity index (χ4v) is 7.73. The summed E-state index contributed by atoms with van der Waals surface area (Å²) in [4.78, 5) is 51.5. The lowest BCUT2D eigenvalue weighted by Crippen LogP contribution is -2.21. The number of rotatable bonds is 10. The second-order valence-corrected chi connectivity index (χ2v) is 12.3. The maximum atomic E-state index is 13.3. The van der Waals surface area contributed by atoms with Crippen molar-refractivity contribution in [2.24, 2.45) is 11.5 Å². The number of nitrogens with two attached hydrogens (primary N) is 2. The fraction of sp³-hybridized carbons (Fsp3) is 0.250. The number of aromatic carboxylic acids is 2. The molecule has 0 saturated carbocycles. The first kappa shape index (κ1) is 31.9. The molecule has 2 amide bonds. The molecule has 44 heavy (non-hydrogen) atoms. The Hall–Kier alpha value is -3.56. The minimum atomic E-state index is -1.41. The van der Waals surface area contributed by atoms with E-state index in [1.165, 1.54) is 0 Å². The summed E-state index contributed by atoms with van der Waals surface area (Å²) < 4.78 is 0. The molecule has 0 aliphatic carbocycles. The summed E-state index contributed by atoms with van der Waals surface area (Å²) in [7, 11) is 0. The molecule has 12 heteroatoms. The van der Waals surface area contributed by atoms with E-state index in [0.29, 0.717) is 36.8 Å². The highest BCUT2D eigenvalue weighted by Gasteiger charge is 2.34. The first-order valence-electron chi connectivity index (χ1n) is 13.9. The Bertz CT molecular complexity index is 1970. The average Bonchev–Trinajstić information content (AvgIpc) is 2.95. The van der Waals surface area contributed by atoms with Crippen LogP contribution in [0.4, 0.5) is 0 Å². The van der Waals surface area contributed by atoms with Gasteiger partial charge in [0.05, 0.1) is 32.3 Å². The lowest BCUT2D eigenvalue weighted by Gasteiger charge is -2.26. The van der Waals surface area contributed by atoms with Crippen LogP contribution in [0.15, 0.2) is 12.1 Å². The molecule has 0 fully saturated rings. The van der Waals surface area contributed by atoms with E-state index >= 15 is 0 Å². The van der Waals surface area contributed by atoms with Crippen LogP contribution in [0.25, 0.3) is 43.1 Å². The van der Waals surface area contributed by atoms with E-state index in [2.05, 4.69) is 0 Å². The molecule has 5 aromatic carbocycles. The van der Waals surface area contributed by atoms with Crippen LogP contribution in [0.1, 0.15) is 92.1 Å². The molecule has 6 N–H and O–H groups in total. The van der Waals surface area contributed by atoms with Crippen molar-refractivity contribution in [2.75, 3.05) is 0 Å². The summed E-state index contributed by atoms with van der Waals surface area (Å²) in [6, 6.07) is 2.30. The summed E-state index contributed by atoms with van der Waals surface area (Å²) in [5.74, 6) is -4.50. The summed E-state index contributed by atoms with van der Waals surface area (Å²) in [6.07, 6.45) is 3.27. The van der Waals surface area contributed by atoms with Gasteiger partial charge in [-0.05, 0) is 48.9 Å². The zero-order valence-corrected chi connectivity index (χ0v) is 26.6. The van der Waals surface area contributed by atoms with Gasteiger partial charge in [0.25, 0.3) is 0 Å². The zero-order chi connectivity index (χ0) is 32.4. The molecule has 8 nitrogen and oxygen atoms in total. The number of benzene rings is 5. The predicted octanol–water partition coefficient (Wildman–Crippen LogP) is 8.63. The Labute approximate surface area is 271 Å². The Morgan fingerprint density at radius 3 is 1.27 bits per heavy atom. The highest BCUT2D eigenvalue weighted by molar-refractivity contribution is 6.55. The smallest absolute Gasteiger partial charge is 0.336 e. The number of fused-ring (bicyclic) bond motifs is 2. The predicted molar refractivity (Wildman–Crippen MR) is 176 cm³/mol. The molecule has 0 aromatic heterocycles. The topological polar surface area (TPSA) is 161 Å². The summed E-state index contributed by atoms with van der Waals surface area (Å²) in [6.45, 7) is 3.91. The molecule has 0 radical (unpaired) electrons. The van der Waals surface area contributed by atoms with Crippen LogP contribution >= 0.6 is 46.4 Å². The van der Waals surface area contributed by atoms with Crippen LogP contribution in [0.3, 0.4) is 0 Å². The molecule has 0 aliphatic heterocycles. The quantitative estimate of drug-likeness (QED) is 0.0856. The van der Waals surface area contributed by atoms with Crippen molar-refractivity contribution in [2.45, 2.75) is 52.4 Å². The number of primary amides is 2. The molecular formula is C32H26Cl4N2O6. The number of unbranched alkanes of at least 4 members (excludes halogenated alkanes) is 2. The van der Waals surface area contributed by atoms with Gasteiger partial charge in [0.1, 0.15) is 0 Å². The van der Waals surface area contributed by atoms with Crippen LogP contribution in [0.5, 0.6) is 0 Å². The third-order valence-corrected chi connectivity index (χ3v) is 9.58. The molecule has 0 aliphatic rings. The van der Waals surface area contributed by atoms with E-state index in [1.54, 1.807) is 0 Å². The summed E-state index contributed by atoms with van der Waals surface area (Å²) in [5, 5.41) is 21.6. The van der Waals surface area contributed by atoms with Gasteiger partial charge in [-0.25, -0.2) is 9.59 Å². The van der Waals surface area contributed by atoms with Gasteiger partial charge in [-0.2, -0.15) is 0 Å². The van der Waals surface area contributed by atoms with Gasteiger partial charge >= 0.3 is 11.9 Å². The Balaban J connectivity index is 2.34. The molecule has 0 bridgehead atoms. The van der Waals surface area contributed by atoms with Gasteiger partial charge < -0.3 is 21.7 Å². The van der Waals surface area contributed by atoms with Crippen LogP contribution in [-0.2, 0) is 12.8 Å². The SMILES string of the molecule is CCCCc1c(C(N)=O)c2c(C(N)=O)c(CCCC)c(Cl)c3c4c(Cl)cc(C(=O)O)c5c(C(=O)O)cc(Cl)c(c(c1Cl)c23)c54. The number of amides is 2. The van der Waals surface area contributed by atoms with Gasteiger partial charge in [0.15, 0.2) is 0 Å². The monoisotopic (exact) mass is 674 g/mol. The third-order valence-electron chi connectivity index (χ3n) is 8.15. The molecule has 0 spiro atoms. The van der Waals surface area contributed by atoms with E-state index in [9.17, 15) is 29.4 Å². The first-order valence-corrected chi connectivity index (χ1v) is 15.4. The average molecular weight is 676 g/mol. The molecular weight excluding hydrogens is 650 g/mol. The normalized spacial score (nSPS) is 11.8. The van der Waals surface area contributed by atoms with Crippen LogP contribution in [0.2, 0.25) is 20.1 Å². The van der Waals surface area contributed by atoms with E-state index in [0.717, 1.165) is 25.0 Å². The largest absolute Gasteiger partial charge is 0.478 e. The fourth-order valence-electron chi connectivity index (χ4n) is 6.38. The van der Waals surface area contributed by atoms with E-state index in [-0.39, 0.29) is 85.4 Å². The number of halogens is 4. The van der Waals surface area contributed by atoms with E-state index in [1.807, 2.05) is 13.8 Å². The van der Waals surface area contributed by atoms with Crippen molar-refractivity contribution in [3.8, 4) is 0 Å². The van der Waals surface area contributed by atoms with Crippen molar-refractivity contribution in [3.63, 3.8) is 0 Å². The van der Waals surface area contributed by atoms with Crippen LogP contribution < -0.4 is 11.5 Å². The van der Waals surface area contributed by atoms with Crippen molar-refractivity contribution >= 4 is 113 Å². The first-order chi connectivity index (χ1) is 20.8. The van der Waals surface area contributed by atoms with Gasteiger partial charge in [-0.3, -0.25) is 9.59 Å². The Kier molecular flexibility index (Phi) is 8.50. The molecule has 5 rings (SSSR count). The van der Waals surface area contributed by atoms with Crippen molar-refractivity contribution < 1.29 is 29.4 Å². The third kappa shape index (κ3) is 4.58. The Morgan fingerprint density at radius 1 is 0.591 bits per heavy atom. The van der Waals surface area contributed by atoms with Gasteiger partial charge in [-0.15, -0.1) is 0 Å². The van der Waals surface area contributed by atoms with E-state index in [4.69, 9.17) is 57.9 Å². The molecule has 0 saturated heterocycles. The van der Waals surface area contributed by atoms with Crippen molar-refractivity contribution in [1.82, 2.24) is 0 Å². The van der Waals surface area contributed by atoms with Crippen molar-refractivity contribution in [1.29, 1.82) is 0 Å². The number of carbonyl (C=O) groups excluding carboxylic acids is 2. The standard InChI is InChI=1S/C32H26Cl4N2O6/c1-3-5-7-11-18(29(37)39)23-19(30(38)40)12(8-6-4-2)28(36)26-21-16(34)10-14(32(43)44)17-13(31(41)42)9-15(33)20(22(17)21)25(24(23)26)27(11)35/h9-10H,3-8H2,1-2H3,(H2,37,39)(H2,38,40)(H,41,42)(H,43,44). The maximum Gasteiger partial charge on any atom is 0.336 e. The number of carboxylic acids is 2. The lowest BCUT2D eigenvalue weighted by molar-refractivity contribution is 0.0695. The molecule has 228 valence electrons. The van der Waals surface area contributed by atoms with Crippen LogP contribution in [-0.4, -0.2) is 34.0 Å². The van der Waals surface area contributed by atoms with Gasteiger partial charge in [0, 0.05) is 53.1 Å². The second kappa shape index (κ2) is 11.7. The summed E-state index contributed by atoms with van der Waals surface area (Å²) >= 11 is 28.0. The van der Waals surface area contributed by atoms with Gasteiger partial charge in [0.2, 0.25) is 11.8 Å².